The van der Waals surface area contributed by atoms with E-state index in [0.717, 1.165) is 22.8 Å². The average Bonchev–Trinajstić information content (AvgIpc) is 2.84. The van der Waals surface area contributed by atoms with Crippen LogP contribution in [0.25, 0.3) is 0 Å². The van der Waals surface area contributed by atoms with Gasteiger partial charge < -0.3 is 0 Å². The molecule has 0 saturated heterocycles. The summed E-state index contributed by atoms with van der Waals surface area (Å²) in [5.74, 6) is 0.182. The highest BCUT2D eigenvalue weighted by Crippen LogP contribution is 2.31. The molecule has 0 aliphatic rings. The number of hydrogen-bond acceptors (Lipinski definition) is 5. The molecule has 0 fully saturated rings. The number of nitrogens with zero attached hydrogens (tertiary/aromatic N) is 2. The molecule has 0 saturated carbocycles. The molecule has 102 valence electrons. The highest BCUT2D eigenvalue weighted by Gasteiger charge is 2.16. The van der Waals surface area contributed by atoms with Crippen LogP contribution in [0.15, 0.2) is 6.07 Å². The van der Waals surface area contributed by atoms with Gasteiger partial charge in [-0.25, -0.2) is 0 Å². The minimum atomic E-state index is -0.319. The summed E-state index contributed by atoms with van der Waals surface area (Å²) in [6, 6.07) is 1.54. The number of nitrogens with one attached hydrogen (secondary N) is 1. The topological polar surface area (TPSA) is 54.9 Å². The van der Waals surface area contributed by atoms with Crippen LogP contribution in [0, 0.1) is 5.92 Å². The molecule has 2 aromatic heterocycles. The third-order valence-electron chi connectivity index (χ3n) is 2.17. The van der Waals surface area contributed by atoms with Crippen LogP contribution in [0.1, 0.15) is 29.2 Å². The van der Waals surface area contributed by atoms with E-state index >= 15 is 0 Å². The maximum absolute atomic E-state index is 12.0. The fourth-order valence-corrected chi connectivity index (χ4v) is 3.80. The first-order valence-corrected chi connectivity index (χ1v) is 7.93. The molecular formula is C11H11Cl2N3OS2. The molecular weight excluding hydrogens is 325 g/mol. The smallest absolute Gasteiger partial charge is 0.259 e. The Morgan fingerprint density at radius 3 is 2.68 bits per heavy atom. The van der Waals surface area contributed by atoms with Crippen LogP contribution in [-0.4, -0.2) is 16.1 Å². The molecule has 4 nitrogen and oxygen atoms in total. The molecule has 0 aliphatic carbocycles. The third kappa shape index (κ3) is 3.89. The molecule has 8 heteroatoms. The van der Waals surface area contributed by atoms with Crippen molar-refractivity contribution in [3.63, 3.8) is 0 Å². The van der Waals surface area contributed by atoms with Crippen LogP contribution in [0.2, 0.25) is 8.67 Å². The van der Waals surface area contributed by atoms with Gasteiger partial charge in [0, 0.05) is 6.42 Å². The standard InChI is InChI=1S/C11H11Cl2N3OS2/c1-5(2)3-8-15-16-11(19-8)14-10(17)6-4-7(12)18-9(6)13/h4-5H,3H2,1-2H3,(H,14,16,17). The summed E-state index contributed by atoms with van der Waals surface area (Å²) in [6.07, 6.45) is 0.846. The summed E-state index contributed by atoms with van der Waals surface area (Å²) >= 11 is 14.3. The Morgan fingerprint density at radius 1 is 1.37 bits per heavy atom. The number of carbonyl (C=O) groups is 1. The second-order valence-corrected chi connectivity index (χ2v) is 7.64. The number of anilines is 1. The number of thiophene rings is 1. The van der Waals surface area contributed by atoms with Crippen molar-refractivity contribution in [1.82, 2.24) is 10.2 Å². The Labute approximate surface area is 128 Å². The third-order valence-corrected chi connectivity index (χ3v) is 4.52. The van der Waals surface area contributed by atoms with Crippen molar-refractivity contribution in [2.75, 3.05) is 5.32 Å². The van der Waals surface area contributed by atoms with Gasteiger partial charge in [0.05, 0.1) is 9.90 Å². The zero-order valence-corrected chi connectivity index (χ0v) is 13.4. The molecule has 19 heavy (non-hydrogen) atoms. The van der Waals surface area contributed by atoms with E-state index in [-0.39, 0.29) is 5.91 Å². The first-order chi connectivity index (χ1) is 8.95. The van der Waals surface area contributed by atoms with Gasteiger partial charge in [0.15, 0.2) is 0 Å². The monoisotopic (exact) mass is 335 g/mol. The van der Waals surface area contributed by atoms with E-state index in [2.05, 4.69) is 29.4 Å². The summed E-state index contributed by atoms with van der Waals surface area (Å²) in [6.45, 7) is 4.21. The van der Waals surface area contributed by atoms with E-state index in [1.54, 1.807) is 6.07 Å². The Hall–Kier alpha value is -0.690. The number of rotatable bonds is 4. The molecule has 0 spiro atoms. The van der Waals surface area contributed by atoms with Crippen LogP contribution in [0.5, 0.6) is 0 Å². The van der Waals surface area contributed by atoms with Crippen LogP contribution in [0.3, 0.4) is 0 Å². The zero-order valence-electron chi connectivity index (χ0n) is 10.2. The molecule has 2 heterocycles. The molecule has 2 rings (SSSR count). The van der Waals surface area contributed by atoms with E-state index < -0.39 is 0 Å². The van der Waals surface area contributed by atoms with Crippen LogP contribution >= 0.6 is 45.9 Å². The SMILES string of the molecule is CC(C)Cc1nnc(NC(=O)c2cc(Cl)sc2Cl)s1. The van der Waals surface area contributed by atoms with Crippen LogP contribution in [-0.2, 0) is 6.42 Å². The Kier molecular flexibility index (Phi) is 4.78. The summed E-state index contributed by atoms with van der Waals surface area (Å²) in [5, 5.41) is 12.0. The van der Waals surface area contributed by atoms with Gasteiger partial charge in [0.25, 0.3) is 5.91 Å². The summed E-state index contributed by atoms with van der Waals surface area (Å²) in [5.41, 5.74) is 0.359. The first-order valence-electron chi connectivity index (χ1n) is 5.54. The number of aromatic nitrogens is 2. The molecule has 0 radical (unpaired) electrons. The number of carbonyl (C=O) groups excluding carboxylic acids is 1. The summed E-state index contributed by atoms with van der Waals surface area (Å²) in [7, 11) is 0. The summed E-state index contributed by atoms with van der Waals surface area (Å²) < 4.78 is 0.849. The number of halogens is 2. The van der Waals surface area contributed by atoms with Crippen LogP contribution < -0.4 is 5.32 Å². The second-order valence-electron chi connectivity index (χ2n) is 4.29. The Morgan fingerprint density at radius 2 is 2.11 bits per heavy atom. The molecule has 0 atom stereocenters. The Balaban J connectivity index is 2.07. The average molecular weight is 336 g/mol. The fourth-order valence-electron chi connectivity index (χ4n) is 1.40. The first kappa shape index (κ1) is 14.7. The van der Waals surface area contributed by atoms with Crippen molar-refractivity contribution < 1.29 is 4.79 Å². The van der Waals surface area contributed by atoms with Crippen molar-refractivity contribution >= 4 is 56.9 Å². The minimum absolute atomic E-state index is 0.319. The van der Waals surface area contributed by atoms with Gasteiger partial charge in [-0.05, 0) is 12.0 Å². The highest BCUT2D eigenvalue weighted by atomic mass is 35.5. The molecule has 0 bridgehead atoms. The van der Waals surface area contributed by atoms with E-state index in [1.165, 1.54) is 11.3 Å². The largest absolute Gasteiger partial charge is 0.296 e. The summed E-state index contributed by atoms with van der Waals surface area (Å²) in [4.78, 5) is 12.0. The molecule has 0 unspecified atom stereocenters. The lowest BCUT2D eigenvalue weighted by Crippen LogP contribution is -2.11. The minimum Gasteiger partial charge on any atom is -0.296 e. The highest BCUT2D eigenvalue weighted by molar-refractivity contribution is 7.20. The van der Waals surface area contributed by atoms with Crippen LogP contribution in [0.4, 0.5) is 5.13 Å². The van der Waals surface area contributed by atoms with E-state index in [9.17, 15) is 4.79 Å². The predicted octanol–water partition coefficient (Wildman–Crippen LogP) is 4.36. The van der Waals surface area contributed by atoms with Gasteiger partial charge in [-0.2, -0.15) is 0 Å². The van der Waals surface area contributed by atoms with Gasteiger partial charge in [0.2, 0.25) is 5.13 Å². The maximum Gasteiger partial charge on any atom is 0.259 e. The van der Waals surface area contributed by atoms with Crippen molar-refractivity contribution in [1.29, 1.82) is 0 Å². The normalized spacial score (nSPS) is 11.0. The van der Waals surface area contributed by atoms with Gasteiger partial charge >= 0.3 is 0 Å². The predicted molar refractivity (Wildman–Crippen MR) is 80.7 cm³/mol. The molecule has 1 amide bonds. The number of amides is 1. The quantitative estimate of drug-likeness (QED) is 0.903. The van der Waals surface area contributed by atoms with Gasteiger partial charge in [0.1, 0.15) is 9.34 Å². The zero-order chi connectivity index (χ0) is 14.0. The van der Waals surface area contributed by atoms with Gasteiger partial charge in [-0.1, -0.05) is 48.4 Å². The van der Waals surface area contributed by atoms with Gasteiger partial charge in [-0.15, -0.1) is 21.5 Å². The lowest BCUT2D eigenvalue weighted by Gasteiger charge is -1.99. The Bertz CT molecular complexity index is 595. The van der Waals surface area contributed by atoms with Crippen molar-refractivity contribution in [2.45, 2.75) is 20.3 Å². The van der Waals surface area contributed by atoms with Crippen molar-refractivity contribution in [3.8, 4) is 0 Å². The number of hydrogen-bond donors (Lipinski definition) is 1. The molecule has 1 N–H and O–H groups in total. The van der Waals surface area contributed by atoms with E-state index in [4.69, 9.17) is 23.2 Å². The maximum atomic E-state index is 12.0. The lowest BCUT2D eigenvalue weighted by atomic mass is 10.1. The second kappa shape index (κ2) is 6.17. The molecule has 2 aromatic rings. The molecule has 0 aromatic carbocycles. The van der Waals surface area contributed by atoms with Crippen molar-refractivity contribution in [3.05, 3.63) is 25.3 Å². The van der Waals surface area contributed by atoms with Crippen molar-refractivity contribution in [2.24, 2.45) is 5.92 Å². The van der Waals surface area contributed by atoms with E-state index in [1.807, 2.05) is 0 Å². The fraction of sp³-hybridized carbons (Fsp3) is 0.364. The van der Waals surface area contributed by atoms with E-state index in [0.29, 0.717) is 25.3 Å². The van der Waals surface area contributed by atoms with Gasteiger partial charge in [-0.3, -0.25) is 10.1 Å². The lowest BCUT2D eigenvalue weighted by molar-refractivity contribution is 0.102. The molecule has 0 aliphatic heterocycles.